The van der Waals surface area contributed by atoms with Gasteiger partial charge in [0.1, 0.15) is 4.21 Å². The Morgan fingerprint density at radius 2 is 2.22 bits per heavy atom. The minimum atomic E-state index is -3.54. The summed E-state index contributed by atoms with van der Waals surface area (Å²) in [6.07, 6.45) is 0.813. The molecule has 1 unspecified atom stereocenters. The van der Waals surface area contributed by atoms with Crippen molar-refractivity contribution in [1.29, 1.82) is 0 Å². The molecule has 0 aliphatic heterocycles. The number of nitrogens with one attached hydrogen (secondary N) is 1. The predicted octanol–water partition coefficient (Wildman–Crippen LogP) is 1.28. The molecule has 1 N–H and O–H groups in total. The van der Waals surface area contributed by atoms with Gasteiger partial charge in [0, 0.05) is 13.1 Å². The lowest BCUT2D eigenvalue weighted by Gasteiger charge is -2.17. The molecule has 0 spiro atoms. The lowest BCUT2D eigenvalue weighted by atomic mass is 10.2. The van der Waals surface area contributed by atoms with E-state index < -0.39 is 10.0 Å². The molecule has 18 heavy (non-hydrogen) atoms. The van der Waals surface area contributed by atoms with Crippen LogP contribution in [0.1, 0.15) is 20.3 Å². The van der Waals surface area contributed by atoms with Crippen molar-refractivity contribution in [3.8, 4) is 0 Å². The molecule has 0 aromatic carbocycles. The van der Waals surface area contributed by atoms with Crippen LogP contribution >= 0.6 is 11.3 Å². The normalized spacial score (nSPS) is 13.6. The first-order valence-electron chi connectivity index (χ1n) is 5.67. The molecule has 1 aromatic heterocycles. The van der Waals surface area contributed by atoms with Gasteiger partial charge in [-0.1, -0.05) is 13.0 Å². The van der Waals surface area contributed by atoms with Gasteiger partial charge in [0.15, 0.2) is 0 Å². The topological polar surface area (TPSA) is 66.5 Å². The third-order valence-electron chi connectivity index (χ3n) is 2.55. The van der Waals surface area contributed by atoms with Crippen LogP contribution in [0.5, 0.6) is 0 Å². The van der Waals surface area contributed by atoms with Crippen LogP contribution in [-0.2, 0) is 14.8 Å². The first kappa shape index (κ1) is 15.1. The average molecular weight is 290 g/mol. The van der Waals surface area contributed by atoms with Gasteiger partial charge in [0.2, 0.25) is 5.91 Å². The molecular formula is C11H18N2O3S2. The smallest absolute Gasteiger partial charge is 0.252 e. The van der Waals surface area contributed by atoms with Gasteiger partial charge in [-0.2, -0.15) is 4.31 Å². The van der Waals surface area contributed by atoms with Crippen LogP contribution < -0.4 is 5.32 Å². The zero-order valence-corrected chi connectivity index (χ0v) is 12.3. The van der Waals surface area contributed by atoms with Gasteiger partial charge < -0.3 is 5.32 Å². The van der Waals surface area contributed by atoms with Gasteiger partial charge in [0.05, 0.1) is 6.54 Å². The van der Waals surface area contributed by atoms with Crippen LogP contribution in [0.3, 0.4) is 0 Å². The number of amides is 1. The maximum absolute atomic E-state index is 12.0. The summed E-state index contributed by atoms with van der Waals surface area (Å²) in [6.45, 7) is 3.67. The van der Waals surface area contributed by atoms with Crippen molar-refractivity contribution in [3.63, 3.8) is 0 Å². The van der Waals surface area contributed by atoms with Gasteiger partial charge in [-0.15, -0.1) is 11.3 Å². The van der Waals surface area contributed by atoms with Crippen molar-refractivity contribution < 1.29 is 13.2 Å². The SMILES string of the molecule is CCC(C)NC(=O)CN(C)S(=O)(=O)c1cccs1. The second-order valence-electron chi connectivity index (χ2n) is 4.07. The number of thiophene rings is 1. The molecule has 0 aliphatic carbocycles. The van der Waals surface area contributed by atoms with E-state index in [1.54, 1.807) is 11.4 Å². The number of sulfonamides is 1. The summed E-state index contributed by atoms with van der Waals surface area (Å²) in [5.74, 6) is -0.285. The van der Waals surface area contributed by atoms with E-state index >= 15 is 0 Å². The summed E-state index contributed by atoms with van der Waals surface area (Å²) in [7, 11) is -2.13. The molecule has 5 nitrogen and oxygen atoms in total. The molecule has 0 aliphatic rings. The summed E-state index contributed by atoms with van der Waals surface area (Å²) in [6, 6.07) is 3.25. The van der Waals surface area contributed by atoms with Crippen molar-refractivity contribution in [2.24, 2.45) is 0 Å². The fourth-order valence-corrected chi connectivity index (χ4v) is 3.60. The number of rotatable bonds is 6. The fourth-order valence-electron chi connectivity index (χ4n) is 1.27. The van der Waals surface area contributed by atoms with E-state index in [2.05, 4.69) is 5.32 Å². The Bertz CT molecular complexity index is 482. The first-order chi connectivity index (χ1) is 8.37. The summed E-state index contributed by atoms with van der Waals surface area (Å²) in [5, 5.41) is 4.43. The number of carbonyl (C=O) groups is 1. The largest absolute Gasteiger partial charge is 0.353 e. The molecule has 0 saturated carbocycles. The maximum atomic E-state index is 12.0. The van der Waals surface area contributed by atoms with Crippen molar-refractivity contribution in [2.75, 3.05) is 13.6 Å². The molecule has 0 fully saturated rings. The van der Waals surface area contributed by atoms with Crippen LogP contribution in [0.4, 0.5) is 0 Å². The molecular weight excluding hydrogens is 272 g/mol. The highest BCUT2D eigenvalue weighted by Gasteiger charge is 2.23. The maximum Gasteiger partial charge on any atom is 0.252 e. The van der Waals surface area contributed by atoms with E-state index in [1.807, 2.05) is 13.8 Å². The van der Waals surface area contributed by atoms with E-state index in [0.717, 1.165) is 22.1 Å². The van der Waals surface area contributed by atoms with Gasteiger partial charge in [-0.25, -0.2) is 8.42 Å². The van der Waals surface area contributed by atoms with Gasteiger partial charge in [0.25, 0.3) is 10.0 Å². The molecule has 1 atom stereocenters. The van der Waals surface area contributed by atoms with E-state index in [9.17, 15) is 13.2 Å². The Morgan fingerprint density at radius 3 is 2.72 bits per heavy atom. The molecule has 1 aromatic rings. The zero-order chi connectivity index (χ0) is 13.8. The Labute approximate surface area is 112 Å². The summed E-state index contributed by atoms with van der Waals surface area (Å²) >= 11 is 1.14. The highest BCUT2D eigenvalue weighted by Crippen LogP contribution is 2.19. The van der Waals surface area contributed by atoms with Crippen molar-refractivity contribution in [1.82, 2.24) is 9.62 Å². The summed E-state index contributed by atoms with van der Waals surface area (Å²) < 4.78 is 25.4. The van der Waals surface area contributed by atoms with E-state index in [4.69, 9.17) is 0 Å². The highest BCUT2D eigenvalue weighted by molar-refractivity contribution is 7.91. The van der Waals surface area contributed by atoms with Crippen LogP contribution in [0.2, 0.25) is 0 Å². The number of likely N-dealkylation sites (N-methyl/N-ethyl adjacent to an activating group) is 1. The lowest BCUT2D eigenvalue weighted by molar-refractivity contribution is -0.121. The lowest BCUT2D eigenvalue weighted by Crippen LogP contribution is -2.41. The first-order valence-corrected chi connectivity index (χ1v) is 7.99. The minimum absolute atomic E-state index is 0.0512. The molecule has 0 radical (unpaired) electrons. The molecule has 7 heteroatoms. The van der Waals surface area contributed by atoms with Crippen LogP contribution in [-0.4, -0.2) is 38.3 Å². The summed E-state index contributed by atoms with van der Waals surface area (Å²) in [5.41, 5.74) is 0. The summed E-state index contributed by atoms with van der Waals surface area (Å²) in [4.78, 5) is 11.6. The van der Waals surface area contributed by atoms with Crippen LogP contribution in [0.15, 0.2) is 21.7 Å². The Kier molecular flexibility index (Phi) is 5.30. The minimum Gasteiger partial charge on any atom is -0.353 e. The van der Waals surface area contributed by atoms with E-state index in [1.165, 1.54) is 13.1 Å². The molecule has 102 valence electrons. The third kappa shape index (κ3) is 3.79. The fraction of sp³-hybridized carbons (Fsp3) is 0.545. The van der Waals surface area contributed by atoms with Gasteiger partial charge in [-0.05, 0) is 24.8 Å². The van der Waals surface area contributed by atoms with Crippen LogP contribution in [0, 0.1) is 0 Å². The number of carbonyl (C=O) groups excluding carboxylic acids is 1. The average Bonchev–Trinajstić information content (AvgIpc) is 2.82. The molecule has 0 saturated heterocycles. The Morgan fingerprint density at radius 1 is 1.56 bits per heavy atom. The van der Waals surface area contributed by atoms with Gasteiger partial charge in [-0.3, -0.25) is 4.79 Å². The predicted molar refractivity (Wildman–Crippen MR) is 72.0 cm³/mol. The van der Waals surface area contributed by atoms with Crippen molar-refractivity contribution >= 4 is 27.3 Å². The van der Waals surface area contributed by atoms with Gasteiger partial charge >= 0.3 is 0 Å². The molecule has 1 heterocycles. The quantitative estimate of drug-likeness (QED) is 0.858. The monoisotopic (exact) mass is 290 g/mol. The number of hydrogen-bond acceptors (Lipinski definition) is 4. The molecule has 0 bridgehead atoms. The molecule has 1 rings (SSSR count). The third-order valence-corrected chi connectivity index (χ3v) is 5.72. The van der Waals surface area contributed by atoms with E-state index in [-0.39, 0.29) is 22.7 Å². The second kappa shape index (κ2) is 6.31. The number of hydrogen-bond donors (Lipinski definition) is 1. The van der Waals surface area contributed by atoms with Crippen molar-refractivity contribution in [2.45, 2.75) is 30.5 Å². The standard InChI is InChI=1S/C11H18N2O3S2/c1-4-9(2)12-10(14)8-13(3)18(15,16)11-6-5-7-17-11/h5-7,9H,4,8H2,1-3H3,(H,12,14). The van der Waals surface area contributed by atoms with Crippen molar-refractivity contribution in [3.05, 3.63) is 17.5 Å². The molecule has 1 amide bonds. The Balaban J connectivity index is 2.66. The zero-order valence-electron chi connectivity index (χ0n) is 10.7. The second-order valence-corrected chi connectivity index (χ2v) is 7.29. The van der Waals surface area contributed by atoms with Crippen LogP contribution in [0.25, 0.3) is 0 Å². The number of nitrogens with zero attached hydrogens (tertiary/aromatic N) is 1. The highest BCUT2D eigenvalue weighted by atomic mass is 32.2. The Hall–Kier alpha value is -0.920. The van der Waals surface area contributed by atoms with E-state index in [0.29, 0.717) is 0 Å².